The Bertz CT molecular complexity index is 1170. The van der Waals surface area contributed by atoms with Gasteiger partial charge >= 0.3 is 0 Å². The lowest BCUT2D eigenvalue weighted by atomic mass is 9.93. The van der Waals surface area contributed by atoms with Crippen molar-refractivity contribution in [2.45, 2.75) is 26.2 Å². The number of nitrogens with zero attached hydrogens (tertiary/aromatic N) is 1. The first kappa shape index (κ1) is 17.1. The van der Waals surface area contributed by atoms with Gasteiger partial charge in [0.1, 0.15) is 11.3 Å². The van der Waals surface area contributed by atoms with Gasteiger partial charge in [0.2, 0.25) is 0 Å². The monoisotopic (exact) mass is 368 g/mol. The van der Waals surface area contributed by atoms with Crippen molar-refractivity contribution >= 4 is 16.7 Å². The first-order chi connectivity index (χ1) is 13.7. The highest BCUT2D eigenvalue weighted by atomic mass is 16.3. The van der Waals surface area contributed by atoms with Crippen LogP contribution >= 0.6 is 0 Å². The molecule has 0 atom stereocenters. The molecule has 2 aromatic carbocycles. The average molecular weight is 368 g/mol. The molecule has 5 rings (SSSR count). The van der Waals surface area contributed by atoms with E-state index in [0.717, 1.165) is 35.4 Å². The summed E-state index contributed by atoms with van der Waals surface area (Å²) >= 11 is 0. The maximum Gasteiger partial charge on any atom is 0.137 e. The topological polar surface area (TPSA) is 40.2 Å². The zero-order chi connectivity index (χ0) is 19.1. The summed E-state index contributed by atoms with van der Waals surface area (Å²) in [7, 11) is 0. The lowest BCUT2D eigenvalue weighted by Crippen LogP contribution is -2.29. The van der Waals surface area contributed by atoms with Crippen LogP contribution in [0, 0.1) is 12.3 Å². The quantitative estimate of drug-likeness (QED) is 0.442. The molecular formula is C25H24N2O. The first-order valence-electron chi connectivity index (χ1n) is 10.1. The molecule has 0 bridgehead atoms. The summed E-state index contributed by atoms with van der Waals surface area (Å²) < 4.78 is 6.30. The molecule has 28 heavy (non-hydrogen) atoms. The van der Waals surface area contributed by atoms with Crippen LogP contribution in [0.5, 0.6) is 0 Å². The van der Waals surface area contributed by atoms with Crippen molar-refractivity contribution in [3.8, 4) is 22.5 Å². The van der Waals surface area contributed by atoms with Crippen LogP contribution < -0.4 is 10.3 Å². The zero-order valence-corrected chi connectivity index (χ0v) is 16.2. The van der Waals surface area contributed by atoms with Crippen molar-refractivity contribution in [3.05, 3.63) is 71.6 Å². The Balaban J connectivity index is 1.77. The van der Waals surface area contributed by atoms with Crippen LogP contribution in [0.15, 0.2) is 65.1 Å². The van der Waals surface area contributed by atoms with E-state index < -0.39 is 0 Å². The van der Waals surface area contributed by atoms with E-state index in [-0.39, 0.29) is 0 Å². The van der Waals surface area contributed by atoms with Crippen molar-refractivity contribution < 1.29 is 4.42 Å². The van der Waals surface area contributed by atoms with E-state index >= 15 is 0 Å². The number of anilines is 1. The van der Waals surface area contributed by atoms with Gasteiger partial charge < -0.3 is 14.7 Å². The van der Waals surface area contributed by atoms with Crippen molar-refractivity contribution in [1.82, 2.24) is 0 Å². The van der Waals surface area contributed by atoms with Crippen LogP contribution in [0.4, 0.5) is 5.69 Å². The van der Waals surface area contributed by atoms with Crippen molar-refractivity contribution in [1.29, 1.82) is 5.41 Å². The molecule has 0 aromatic heterocycles. The Labute approximate surface area is 165 Å². The predicted molar refractivity (Wildman–Crippen MR) is 115 cm³/mol. The Morgan fingerprint density at radius 3 is 2.43 bits per heavy atom. The number of fused-ring (bicyclic) bond motifs is 2. The van der Waals surface area contributed by atoms with Crippen LogP contribution in [-0.4, -0.2) is 13.1 Å². The van der Waals surface area contributed by atoms with Gasteiger partial charge in [0, 0.05) is 47.4 Å². The third kappa shape index (κ3) is 2.97. The minimum Gasteiger partial charge on any atom is -0.456 e. The molecule has 0 amide bonds. The standard InChI is InChI=1S/C25H24N2O/c1-17-5-7-18(8-6-17)25-21-11-9-19(26)15-23(21)28-24-16-20(10-12-22(24)25)27-13-3-2-4-14-27/h5-12,15-16,26H,2-4,13-14H2,1H3. The highest BCUT2D eigenvalue weighted by Gasteiger charge is 2.18. The summed E-state index contributed by atoms with van der Waals surface area (Å²) in [6.45, 7) is 4.33. The number of aryl methyl sites for hydroxylation is 1. The summed E-state index contributed by atoms with van der Waals surface area (Å²) in [5, 5.41) is 9.61. The molecule has 0 spiro atoms. The van der Waals surface area contributed by atoms with Crippen LogP contribution in [-0.2, 0) is 0 Å². The van der Waals surface area contributed by atoms with Crippen LogP contribution in [0.25, 0.3) is 33.4 Å². The van der Waals surface area contributed by atoms with Gasteiger partial charge in [0.05, 0.1) is 5.36 Å². The minimum absolute atomic E-state index is 0.470. The molecular weight excluding hydrogens is 344 g/mol. The fraction of sp³-hybridized carbons (Fsp3) is 0.240. The maximum absolute atomic E-state index is 8.02. The fourth-order valence-electron chi connectivity index (χ4n) is 4.26. The number of nitrogens with one attached hydrogen (secondary N) is 1. The summed E-state index contributed by atoms with van der Waals surface area (Å²) in [6, 6.07) is 20.9. The summed E-state index contributed by atoms with van der Waals surface area (Å²) in [4.78, 5) is 2.45. The molecule has 1 aliphatic carbocycles. The highest BCUT2D eigenvalue weighted by molar-refractivity contribution is 6.02. The zero-order valence-electron chi connectivity index (χ0n) is 16.2. The summed E-state index contributed by atoms with van der Waals surface area (Å²) in [6.07, 6.45) is 3.83. The molecule has 2 aromatic rings. The third-order valence-electron chi connectivity index (χ3n) is 5.77. The second-order valence-corrected chi connectivity index (χ2v) is 7.78. The molecule has 3 aliphatic rings. The average Bonchev–Trinajstić information content (AvgIpc) is 2.73. The van der Waals surface area contributed by atoms with E-state index in [1.165, 1.54) is 41.6 Å². The molecule has 140 valence electrons. The molecule has 2 heterocycles. The molecule has 0 radical (unpaired) electrons. The Morgan fingerprint density at radius 1 is 0.857 bits per heavy atom. The maximum atomic E-state index is 8.02. The Kier molecular flexibility index (Phi) is 4.16. The second-order valence-electron chi connectivity index (χ2n) is 7.78. The molecule has 0 unspecified atom stereocenters. The molecule has 3 heteroatoms. The molecule has 2 aliphatic heterocycles. The first-order valence-corrected chi connectivity index (χ1v) is 10.1. The van der Waals surface area contributed by atoms with Gasteiger partial charge in [-0.1, -0.05) is 29.8 Å². The van der Waals surface area contributed by atoms with Gasteiger partial charge in [-0.15, -0.1) is 0 Å². The smallest absolute Gasteiger partial charge is 0.137 e. The van der Waals surface area contributed by atoms with Crippen molar-refractivity contribution in [2.24, 2.45) is 0 Å². The normalized spacial score (nSPS) is 14.7. The van der Waals surface area contributed by atoms with E-state index in [2.05, 4.69) is 54.3 Å². The van der Waals surface area contributed by atoms with Gasteiger partial charge in [0.15, 0.2) is 0 Å². The van der Waals surface area contributed by atoms with Gasteiger partial charge in [-0.3, -0.25) is 0 Å². The largest absolute Gasteiger partial charge is 0.456 e. The van der Waals surface area contributed by atoms with E-state index in [1.54, 1.807) is 0 Å². The molecule has 3 nitrogen and oxygen atoms in total. The van der Waals surface area contributed by atoms with E-state index in [4.69, 9.17) is 9.83 Å². The summed E-state index contributed by atoms with van der Waals surface area (Å²) in [5.74, 6) is 0.770. The SMILES string of the molecule is Cc1ccc(-c2c3ccc(=N)cc-3oc3cc(N4CCCCC4)ccc23)cc1. The number of benzene rings is 3. The van der Waals surface area contributed by atoms with Gasteiger partial charge in [0.25, 0.3) is 0 Å². The minimum atomic E-state index is 0.470. The van der Waals surface area contributed by atoms with Crippen LogP contribution in [0.1, 0.15) is 24.8 Å². The number of hydrogen-bond acceptors (Lipinski definition) is 3. The summed E-state index contributed by atoms with van der Waals surface area (Å²) in [5.41, 5.74) is 6.78. The van der Waals surface area contributed by atoms with Crippen molar-refractivity contribution in [3.63, 3.8) is 0 Å². The van der Waals surface area contributed by atoms with E-state index in [1.807, 2.05) is 18.2 Å². The predicted octanol–water partition coefficient (Wildman–Crippen LogP) is 5.98. The molecule has 0 saturated carbocycles. The Morgan fingerprint density at radius 2 is 1.64 bits per heavy atom. The van der Waals surface area contributed by atoms with Crippen molar-refractivity contribution in [2.75, 3.05) is 18.0 Å². The number of rotatable bonds is 2. The van der Waals surface area contributed by atoms with E-state index in [0.29, 0.717) is 5.36 Å². The second kappa shape index (κ2) is 6.83. The number of piperidine rings is 1. The van der Waals surface area contributed by atoms with Gasteiger partial charge in [-0.05, 0) is 56.0 Å². The Hall–Kier alpha value is -3.07. The van der Waals surface area contributed by atoms with Gasteiger partial charge in [-0.25, -0.2) is 0 Å². The van der Waals surface area contributed by atoms with Crippen LogP contribution in [0.2, 0.25) is 0 Å². The fourth-order valence-corrected chi connectivity index (χ4v) is 4.26. The lowest BCUT2D eigenvalue weighted by molar-refractivity contribution is 0.576. The molecule has 1 N–H and O–H groups in total. The van der Waals surface area contributed by atoms with Gasteiger partial charge in [-0.2, -0.15) is 0 Å². The van der Waals surface area contributed by atoms with E-state index in [9.17, 15) is 0 Å². The highest BCUT2D eigenvalue weighted by Crippen LogP contribution is 2.41. The molecule has 1 saturated heterocycles. The number of hydrogen-bond donors (Lipinski definition) is 1. The lowest BCUT2D eigenvalue weighted by Gasteiger charge is -2.29. The van der Waals surface area contributed by atoms with Crippen LogP contribution in [0.3, 0.4) is 0 Å². The molecule has 1 fully saturated rings. The third-order valence-corrected chi connectivity index (χ3v) is 5.77.